The van der Waals surface area contributed by atoms with Gasteiger partial charge in [-0.1, -0.05) is 75.0 Å². The van der Waals surface area contributed by atoms with Gasteiger partial charge in [0.15, 0.2) is 0 Å². The Kier molecular flexibility index (Phi) is 6.59. The first-order valence-electron chi connectivity index (χ1n) is 5.97. The highest BCUT2D eigenvalue weighted by Gasteiger charge is 1.93. The minimum absolute atomic E-state index is 0.233. The van der Waals surface area contributed by atoms with Crippen LogP contribution in [0.25, 0.3) is 0 Å². The summed E-state index contributed by atoms with van der Waals surface area (Å²) in [5.74, 6) is 0. The van der Waals surface area contributed by atoms with E-state index in [4.69, 9.17) is 0 Å². The molecule has 0 aliphatic carbocycles. The van der Waals surface area contributed by atoms with E-state index in [1.807, 2.05) is 0 Å². The second-order valence-electron chi connectivity index (χ2n) is 4.00. The van der Waals surface area contributed by atoms with Gasteiger partial charge in [0.1, 0.15) is 0 Å². The molecule has 0 fully saturated rings. The second-order valence-corrected chi connectivity index (χ2v) is 6.32. The lowest BCUT2D eigenvalue weighted by atomic mass is 10.1. The van der Waals surface area contributed by atoms with E-state index < -0.39 is 0 Å². The van der Waals surface area contributed by atoms with Crippen molar-refractivity contribution in [3.63, 3.8) is 0 Å². The van der Waals surface area contributed by atoms with Crippen LogP contribution in [0.15, 0.2) is 29.6 Å². The van der Waals surface area contributed by atoms with Crippen LogP contribution in [-0.4, -0.2) is 8.40 Å². The number of aryl methyl sites for hydroxylation is 1. The summed E-state index contributed by atoms with van der Waals surface area (Å²) in [7, 11) is -0.233. The van der Waals surface area contributed by atoms with Crippen molar-refractivity contribution in [2.24, 2.45) is 0 Å². The predicted octanol–water partition coefficient (Wildman–Crippen LogP) is 4.07. The first-order chi connectivity index (χ1) is 6.93. The van der Waals surface area contributed by atoms with E-state index >= 15 is 0 Å². The Labute approximate surface area is 89.9 Å². The van der Waals surface area contributed by atoms with Crippen LogP contribution in [-0.2, 0) is 6.04 Å². The zero-order valence-corrected chi connectivity index (χ0v) is 10.3. The summed E-state index contributed by atoms with van der Waals surface area (Å²) in [6.07, 6.45) is 8.55. The van der Waals surface area contributed by atoms with Gasteiger partial charge in [0.05, 0.1) is 0 Å². The lowest BCUT2D eigenvalue weighted by Crippen LogP contribution is -1.98. The molecule has 1 rings (SSSR count). The average Bonchev–Trinajstić information content (AvgIpc) is 2.25. The molecule has 0 atom stereocenters. The number of rotatable bonds is 7. The van der Waals surface area contributed by atoms with Crippen molar-refractivity contribution in [3.05, 3.63) is 29.6 Å². The van der Waals surface area contributed by atoms with Crippen molar-refractivity contribution in [2.45, 2.75) is 51.5 Å². The van der Waals surface area contributed by atoms with Crippen LogP contribution in [0.1, 0.15) is 45.4 Å². The van der Waals surface area contributed by atoms with Gasteiger partial charge in [0.25, 0.3) is 0 Å². The smallest absolute Gasteiger partial charge is 0.0369 e. The topological polar surface area (TPSA) is 0 Å². The standard InChI is InChI=1S/C13H22Si/c1-2-3-4-5-6-8-11-14-12-9-7-10-13-14/h7,9-10,12-13H,2-6,8,11H2,1H3. The van der Waals surface area contributed by atoms with Gasteiger partial charge in [0, 0.05) is 8.40 Å². The fraction of sp³-hybridized carbons (Fsp3) is 0.615. The van der Waals surface area contributed by atoms with Gasteiger partial charge in [-0.2, -0.15) is 0 Å². The third-order valence-electron chi connectivity index (χ3n) is 2.66. The summed E-state index contributed by atoms with van der Waals surface area (Å²) in [6.45, 7) is 2.28. The normalized spacial score (nSPS) is 10.4. The van der Waals surface area contributed by atoms with E-state index in [0.29, 0.717) is 0 Å². The highest BCUT2D eigenvalue weighted by Crippen LogP contribution is 2.05. The highest BCUT2D eigenvalue weighted by atomic mass is 28.2. The summed E-state index contributed by atoms with van der Waals surface area (Å²) in [5, 5.41) is 0. The van der Waals surface area contributed by atoms with Crippen LogP contribution in [0.2, 0.25) is 0 Å². The van der Waals surface area contributed by atoms with Crippen molar-refractivity contribution >= 4 is 8.40 Å². The molecule has 0 saturated carbocycles. The maximum absolute atomic E-state index is 2.41. The quantitative estimate of drug-likeness (QED) is 0.466. The fourth-order valence-corrected chi connectivity index (χ4v) is 3.57. The summed E-state index contributed by atoms with van der Waals surface area (Å²) in [6, 6.07) is 8.00. The lowest BCUT2D eigenvalue weighted by molar-refractivity contribution is 0.617. The molecule has 0 radical (unpaired) electrons. The van der Waals surface area contributed by atoms with Crippen LogP contribution in [0.3, 0.4) is 0 Å². The Hall–Kier alpha value is -0.433. The predicted molar refractivity (Wildman–Crippen MR) is 65.8 cm³/mol. The minimum atomic E-state index is -0.233. The Morgan fingerprint density at radius 3 is 2.14 bits per heavy atom. The molecule has 0 N–H and O–H groups in total. The Morgan fingerprint density at radius 1 is 0.786 bits per heavy atom. The molecule has 0 bridgehead atoms. The zero-order valence-electron chi connectivity index (χ0n) is 9.34. The van der Waals surface area contributed by atoms with Crippen molar-refractivity contribution in [1.82, 2.24) is 0 Å². The van der Waals surface area contributed by atoms with Gasteiger partial charge in [-0.05, 0) is 6.04 Å². The first kappa shape index (κ1) is 11.6. The van der Waals surface area contributed by atoms with Gasteiger partial charge in [-0.3, -0.25) is 0 Å². The molecule has 1 heterocycles. The van der Waals surface area contributed by atoms with Crippen molar-refractivity contribution in [1.29, 1.82) is 0 Å². The summed E-state index contributed by atoms with van der Waals surface area (Å²) < 4.78 is 0. The zero-order chi connectivity index (χ0) is 10.1. The molecule has 0 aliphatic heterocycles. The molecular weight excluding hydrogens is 184 g/mol. The van der Waals surface area contributed by atoms with Crippen molar-refractivity contribution in [3.8, 4) is 0 Å². The van der Waals surface area contributed by atoms with Gasteiger partial charge < -0.3 is 0 Å². The third-order valence-corrected chi connectivity index (χ3v) is 4.83. The van der Waals surface area contributed by atoms with E-state index in [2.05, 4.69) is 36.5 Å². The van der Waals surface area contributed by atoms with Crippen molar-refractivity contribution in [2.75, 3.05) is 0 Å². The molecule has 14 heavy (non-hydrogen) atoms. The summed E-state index contributed by atoms with van der Waals surface area (Å²) in [5.41, 5.74) is 4.83. The van der Waals surface area contributed by atoms with E-state index in [-0.39, 0.29) is 8.40 Å². The number of hydrogen-bond donors (Lipinski definition) is 0. The van der Waals surface area contributed by atoms with Crippen LogP contribution < -0.4 is 0 Å². The molecule has 0 aliphatic rings. The molecule has 0 nitrogen and oxygen atoms in total. The molecule has 0 saturated heterocycles. The average molecular weight is 206 g/mol. The van der Waals surface area contributed by atoms with E-state index in [9.17, 15) is 0 Å². The van der Waals surface area contributed by atoms with Gasteiger partial charge in [0.2, 0.25) is 0 Å². The monoisotopic (exact) mass is 206 g/mol. The second kappa shape index (κ2) is 7.92. The number of unbranched alkanes of at least 4 members (excludes halogenated alkanes) is 5. The molecular formula is C13H22Si. The molecule has 1 aromatic heterocycles. The van der Waals surface area contributed by atoms with Gasteiger partial charge in [-0.25, -0.2) is 0 Å². The molecule has 78 valence electrons. The van der Waals surface area contributed by atoms with E-state index in [1.54, 1.807) is 0 Å². The SMILES string of the molecule is CCCCCCCC[si]1ccccc1. The van der Waals surface area contributed by atoms with E-state index in [0.717, 1.165) is 0 Å². The maximum atomic E-state index is 2.41. The van der Waals surface area contributed by atoms with Gasteiger partial charge in [-0.15, -0.1) is 0 Å². The molecule has 0 amide bonds. The highest BCUT2D eigenvalue weighted by molar-refractivity contribution is 6.49. The Bertz CT molecular complexity index is 218. The van der Waals surface area contributed by atoms with Crippen molar-refractivity contribution < 1.29 is 0 Å². The summed E-state index contributed by atoms with van der Waals surface area (Å²) >= 11 is 0. The Balaban J connectivity index is 1.99. The summed E-state index contributed by atoms with van der Waals surface area (Å²) in [4.78, 5) is 0. The van der Waals surface area contributed by atoms with Crippen LogP contribution >= 0.6 is 0 Å². The minimum Gasteiger partial charge on any atom is -0.0778 e. The lowest BCUT2D eigenvalue weighted by Gasteiger charge is -2.00. The number of hydrogen-bond acceptors (Lipinski definition) is 0. The largest absolute Gasteiger partial charge is 0.0778 e. The van der Waals surface area contributed by atoms with Crippen LogP contribution in [0.5, 0.6) is 0 Å². The van der Waals surface area contributed by atoms with Crippen LogP contribution in [0.4, 0.5) is 0 Å². The molecule has 0 aromatic carbocycles. The molecule has 0 unspecified atom stereocenters. The Morgan fingerprint density at radius 2 is 1.43 bits per heavy atom. The molecule has 1 aromatic rings. The first-order valence-corrected chi connectivity index (χ1v) is 7.83. The third kappa shape index (κ3) is 5.33. The maximum Gasteiger partial charge on any atom is 0.0369 e. The van der Waals surface area contributed by atoms with Crippen LogP contribution in [0, 0.1) is 0 Å². The molecule has 0 spiro atoms. The van der Waals surface area contributed by atoms with Gasteiger partial charge >= 0.3 is 0 Å². The van der Waals surface area contributed by atoms with E-state index in [1.165, 1.54) is 44.6 Å². The molecule has 1 heteroatoms. The fourth-order valence-electron chi connectivity index (χ4n) is 1.75.